The Hall–Kier alpha value is -2.26. The van der Waals surface area contributed by atoms with E-state index in [0.29, 0.717) is 24.5 Å². The molecular weight excluding hydrogens is 624 g/mol. The van der Waals surface area contributed by atoms with Gasteiger partial charge in [0.25, 0.3) is 12.0 Å². The molecule has 0 radical (unpaired) electrons. The molecule has 3 heterocycles. The number of aromatic nitrogens is 4. The summed E-state index contributed by atoms with van der Waals surface area (Å²) in [5, 5.41) is 24.7. The Morgan fingerprint density at radius 2 is 1.81 bits per heavy atom. The van der Waals surface area contributed by atoms with E-state index in [0.717, 1.165) is 65.6 Å². The Bertz CT molecular complexity index is 1790. The van der Waals surface area contributed by atoms with Crippen LogP contribution in [-0.2, 0) is 22.4 Å². The van der Waals surface area contributed by atoms with Gasteiger partial charge in [0.1, 0.15) is 6.33 Å². The van der Waals surface area contributed by atoms with Crippen LogP contribution in [0.2, 0.25) is 0 Å². The third-order valence-corrected chi connectivity index (χ3v) is 9.48. The molecule has 2 aromatic carbocycles. The number of hydrogen-bond donors (Lipinski definition) is 3. The average Bonchev–Trinajstić information content (AvgIpc) is 3.69. The number of nitrogens with zero attached hydrogens (tertiary/aromatic N) is 5. The molecule has 1 aliphatic heterocycles. The van der Waals surface area contributed by atoms with E-state index in [-0.39, 0.29) is 74.7 Å². The summed E-state index contributed by atoms with van der Waals surface area (Å²) in [6, 6.07) is 16.0. The van der Waals surface area contributed by atoms with Crippen LogP contribution in [0, 0.1) is 0 Å². The second-order valence-corrected chi connectivity index (χ2v) is 13.4. The van der Waals surface area contributed by atoms with Crippen LogP contribution in [-0.4, -0.2) is 58.9 Å². The van der Waals surface area contributed by atoms with Crippen molar-refractivity contribution in [1.82, 2.24) is 24.6 Å². The van der Waals surface area contributed by atoms with E-state index in [9.17, 15) is 15.0 Å². The number of fused-ring (bicyclic) bond motifs is 1. The van der Waals surface area contributed by atoms with Crippen molar-refractivity contribution in [2.75, 3.05) is 0 Å². The summed E-state index contributed by atoms with van der Waals surface area (Å²) in [7, 11) is 0. The van der Waals surface area contributed by atoms with Gasteiger partial charge in [-0.1, -0.05) is 61.9 Å². The maximum Gasteiger partial charge on any atom is 1.00 e. The van der Waals surface area contributed by atoms with E-state index >= 15 is 0 Å². The van der Waals surface area contributed by atoms with Gasteiger partial charge in [0.05, 0.1) is 23.0 Å². The van der Waals surface area contributed by atoms with Crippen LogP contribution in [0.1, 0.15) is 95.1 Å². The topological polar surface area (TPSA) is 136 Å². The van der Waals surface area contributed by atoms with Crippen LogP contribution in [0.25, 0.3) is 16.9 Å². The van der Waals surface area contributed by atoms with Gasteiger partial charge < -0.3 is 14.9 Å². The summed E-state index contributed by atoms with van der Waals surface area (Å²) in [6.45, 7) is 9.66. The zero-order valence-corrected chi connectivity index (χ0v) is 31.4. The van der Waals surface area contributed by atoms with Gasteiger partial charge in [0.15, 0.2) is 5.84 Å². The quantitative estimate of drug-likeness (QED) is 0.218. The summed E-state index contributed by atoms with van der Waals surface area (Å²) >= 11 is 0. The van der Waals surface area contributed by atoms with Gasteiger partial charge in [-0.25, -0.2) is 19.8 Å². The zero-order valence-electron chi connectivity index (χ0n) is 28.2. The van der Waals surface area contributed by atoms with Crippen molar-refractivity contribution in [3.05, 3.63) is 87.6 Å². The van der Waals surface area contributed by atoms with E-state index in [4.69, 9.17) is 9.57 Å². The largest absolute Gasteiger partial charge is 1.00 e. The number of benzene rings is 2. The zero-order chi connectivity index (χ0) is 32.6. The minimum absolute atomic E-state index is 0. The Kier molecular flexibility index (Phi) is 11.3. The normalized spacial score (nSPS) is 22.1. The van der Waals surface area contributed by atoms with E-state index in [1.54, 1.807) is 13.8 Å². The molecular formula is C35H44KN6O5+. The summed E-state index contributed by atoms with van der Waals surface area (Å²) in [4.78, 5) is 28.1. The maximum absolute atomic E-state index is 14.4. The monoisotopic (exact) mass is 667 g/mol. The number of ether oxygens (including phenoxy) is 1. The van der Waals surface area contributed by atoms with E-state index in [2.05, 4.69) is 46.5 Å². The Labute approximate surface area is 317 Å². The van der Waals surface area contributed by atoms with Crippen LogP contribution in [0.5, 0.6) is 0 Å². The average molecular weight is 668 g/mol. The molecule has 2 unspecified atom stereocenters. The molecule has 4 aromatic rings. The number of aliphatic hydroxyl groups excluding tert-OH is 1. The van der Waals surface area contributed by atoms with Crippen molar-refractivity contribution in [3.63, 3.8) is 0 Å². The molecule has 2 aromatic heterocycles. The molecule has 0 spiro atoms. The molecule has 244 valence electrons. The van der Waals surface area contributed by atoms with Gasteiger partial charge >= 0.3 is 51.4 Å². The first-order chi connectivity index (χ1) is 22.0. The first-order valence-electron chi connectivity index (χ1n) is 16.2. The smallest absolute Gasteiger partial charge is 0.388 e. The van der Waals surface area contributed by atoms with Gasteiger partial charge in [-0.2, -0.15) is 10.1 Å². The van der Waals surface area contributed by atoms with E-state index in [1.165, 1.54) is 6.33 Å². The second-order valence-electron chi connectivity index (χ2n) is 13.4. The number of hydroxylamine groups is 1. The molecule has 12 heteroatoms. The summed E-state index contributed by atoms with van der Waals surface area (Å²) in [5.41, 5.74) is 6.78. The SMILES string of the molecule is CCCc1c(Cc2ccc(-c3ccccc3C3=NC(O)ON3)cc2)c(=O)n(C2CCC(C)(OC(C)C(C)(C)O)CC2)c2ncnn12.[K+]. The molecule has 3 N–H and O–H groups in total. The minimum atomic E-state index is -1.23. The molecule has 6 rings (SSSR count). The fourth-order valence-corrected chi connectivity index (χ4v) is 6.58. The van der Waals surface area contributed by atoms with Gasteiger partial charge in [-0.05, 0) is 76.5 Å². The minimum Gasteiger partial charge on any atom is -0.388 e. The summed E-state index contributed by atoms with van der Waals surface area (Å²) in [5.74, 6) is 1.06. The van der Waals surface area contributed by atoms with Crippen molar-refractivity contribution in [2.45, 2.75) is 109 Å². The summed E-state index contributed by atoms with van der Waals surface area (Å²) in [6.07, 6.45) is 5.12. The van der Waals surface area contributed by atoms with Crippen molar-refractivity contribution in [2.24, 2.45) is 4.99 Å². The van der Waals surface area contributed by atoms with Gasteiger partial charge in [0, 0.05) is 23.6 Å². The molecule has 47 heavy (non-hydrogen) atoms. The molecule has 1 aliphatic carbocycles. The van der Waals surface area contributed by atoms with Crippen molar-refractivity contribution in [1.29, 1.82) is 0 Å². The van der Waals surface area contributed by atoms with Gasteiger partial charge in [-0.15, -0.1) is 0 Å². The van der Waals surface area contributed by atoms with Crippen molar-refractivity contribution >= 4 is 11.6 Å². The predicted molar refractivity (Wildman–Crippen MR) is 175 cm³/mol. The second kappa shape index (κ2) is 14.7. The molecule has 1 saturated carbocycles. The number of aliphatic hydroxyl groups is 2. The van der Waals surface area contributed by atoms with Crippen LogP contribution in [0.3, 0.4) is 0 Å². The first kappa shape index (κ1) is 36.0. The Morgan fingerprint density at radius 3 is 2.43 bits per heavy atom. The Morgan fingerprint density at radius 1 is 1.13 bits per heavy atom. The number of hydrogen-bond acceptors (Lipinski definition) is 9. The number of aliphatic imine (C=N–C) groups is 1. The first-order valence-corrected chi connectivity index (χ1v) is 16.2. The van der Waals surface area contributed by atoms with Crippen molar-refractivity contribution < 1.29 is 71.2 Å². The van der Waals surface area contributed by atoms with Crippen LogP contribution in [0.15, 0.2) is 64.6 Å². The summed E-state index contributed by atoms with van der Waals surface area (Å²) < 4.78 is 10.1. The van der Waals surface area contributed by atoms with Crippen LogP contribution >= 0.6 is 0 Å². The number of nitrogens with one attached hydrogen (secondary N) is 1. The van der Waals surface area contributed by atoms with Crippen molar-refractivity contribution in [3.8, 4) is 11.1 Å². The number of aryl methyl sites for hydroxylation is 1. The fraction of sp³-hybridized carbons (Fsp3) is 0.486. The fourth-order valence-electron chi connectivity index (χ4n) is 6.58. The Balaban J connectivity index is 0.00000433. The molecule has 2 atom stereocenters. The molecule has 11 nitrogen and oxygen atoms in total. The third-order valence-electron chi connectivity index (χ3n) is 9.48. The molecule has 0 saturated heterocycles. The van der Waals surface area contributed by atoms with Crippen LogP contribution < -0.4 is 62.4 Å². The molecule has 0 amide bonds. The molecule has 2 aliphatic rings. The molecule has 1 fully saturated rings. The van der Waals surface area contributed by atoms with E-state index in [1.807, 2.05) is 52.4 Å². The maximum atomic E-state index is 14.4. The number of rotatable bonds is 10. The standard InChI is InChI=1S/C35H44N6O5.K/c1-6-9-29-28(20-23-12-14-24(15-13-23)26-10-7-8-11-27(26)30-38-33(43)46-39-30)31(42)40(32-36-21-37-41(29)32)25-16-18-35(5,19-17-25)45-22(2)34(3,4)44;/h7-8,10-15,21-22,25,33,43-44H,6,9,16-20H2,1-5H3,(H,38,39);/q;+1. The van der Waals surface area contributed by atoms with E-state index < -0.39 is 12.0 Å². The third kappa shape index (κ3) is 7.66. The van der Waals surface area contributed by atoms with Gasteiger partial charge in [0.2, 0.25) is 5.78 Å². The number of amidine groups is 1. The predicted octanol–water partition coefficient (Wildman–Crippen LogP) is 1.71. The van der Waals surface area contributed by atoms with Crippen LogP contribution in [0.4, 0.5) is 0 Å². The molecule has 0 bridgehead atoms. The van der Waals surface area contributed by atoms with Gasteiger partial charge in [-0.3, -0.25) is 9.36 Å².